The van der Waals surface area contributed by atoms with E-state index >= 15 is 0 Å². The average molecular weight is 261 g/mol. The number of rotatable bonds is 3. The summed E-state index contributed by atoms with van der Waals surface area (Å²) in [7, 11) is 1.66. The normalized spacial score (nSPS) is 11.4. The molecule has 0 saturated heterocycles. The monoisotopic (exact) mass is 261 g/mol. The molecule has 2 N–H and O–H groups in total. The molecule has 0 aliphatic rings. The van der Waals surface area contributed by atoms with Crippen LogP contribution in [-0.2, 0) is 0 Å². The molecule has 102 valence electrons. The van der Waals surface area contributed by atoms with Gasteiger partial charge in [-0.1, -0.05) is 17.9 Å². The van der Waals surface area contributed by atoms with Crippen molar-refractivity contribution in [3.05, 3.63) is 34.9 Å². The number of amides is 1. The van der Waals surface area contributed by atoms with Crippen molar-refractivity contribution >= 4 is 5.91 Å². The van der Waals surface area contributed by atoms with Crippen molar-refractivity contribution in [2.24, 2.45) is 0 Å². The summed E-state index contributed by atoms with van der Waals surface area (Å²) in [5.41, 5.74) is 2.11. The van der Waals surface area contributed by atoms with E-state index < -0.39 is 0 Å². The third-order valence-corrected chi connectivity index (χ3v) is 3.03. The first kappa shape index (κ1) is 15.2. The molecule has 0 saturated carbocycles. The zero-order chi connectivity index (χ0) is 14.4. The summed E-state index contributed by atoms with van der Waals surface area (Å²) in [6, 6.07) is 5.11. The molecule has 19 heavy (non-hydrogen) atoms. The summed E-state index contributed by atoms with van der Waals surface area (Å²) in [5.74, 6) is 5.19. The van der Waals surface area contributed by atoms with Gasteiger partial charge in [0.25, 0.3) is 5.91 Å². The van der Waals surface area contributed by atoms with Gasteiger partial charge < -0.3 is 15.1 Å². The number of aliphatic hydroxyl groups excluding tert-OH is 2. The lowest BCUT2D eigenvalue weighted by Gasteiger charge is -2.24. The largest absolute Gasteiger partial charge is 0.394 e. The van der Waals surface area contributed by atoms with Crippen LogP contribution in [0.15, 0.2) is 18.2 Å². The van der Waals surface area contributed by atoms with E-state index in [1.165, 1.54) is 4.90 Å². The van der Waals surface area contributed by atoms with Crippen molar-refractivity contribution in [2.45, 2.75) is 19.9 Å². The first-order valence-electron chi connectivity index (χ1n) is 6.09. The lowest BCUT2D eigenvalue weighted by Crippen LogP contribution is -2.37. The van der Waals surface area contributed by atoms with Gasteiger partial charge in [-0.15, -0.1) is 0 Å². The van der Waals surface area contributed by atoms with Crippen LogP contribution in [0.5, 0.6) is 0 Å². The zero-order valence-corrected chi connectivity index (χ0v) is 11.5. The van der Waals surface area contributed by atoms with E-state index in [9.17, 15) is 4.79 Å². The Bertz CT molecular complexity index is 514. The summed E-state index contributed by atoms with van der Waals surface area (Å²) in [6.07, 6.45) is 0. The van der Waals surface area contributed by atoms with Crippen LogP contribution in [0.25, 0.3) is 0 Å². The molecule has 1 amide bonds. The number of likely N-dealkylation sites (N-methyl/N-ethyl adjacent to an activating group) is 1. The Morgan fingerprint density at radius 3 is 2.68 bits per heavy atom. The van der Waals surface area contributed by atoms with Crippen LogP contribution in [0.2, 0.25) is 0 Å². The molecule has 0 bridgehead atoms. The van der Waals surface area contributed by atoms with E-state index in [4.69, 9.17) is 10.2 Å². The van der Waals surface area contributed by atoms with Gasteiger partial charge in [0.2, 0.25) is 0 Å². The molecule has 1 rings (SSSR count). The van der Waals surface area contributed by atoms with Crippen LogP contribution in [0.4, 0.5) is 0 Å². The lowest BCUT2D eigenvalue weighted by atomic mass is 10.0. The number of hydrogen-bond acceptors (Lipinski definition) is 3. The van der Waals surface area contributed by atoms with E-state index in [0.29, 0.717) is 11.1 Å². The highest BCUT2D eigenvalue weighted by Gasteiger charge is 2.18. The lowest BCUT2D eigenvalue weighted by molar-refractivity contribution is 0.0681. The van der Waals surface area contributed by atoms with Crippen molar-refractivity contribution in [1.82, 2.24) is 4.90 Å². The summed E-state index contributed by atoms with van der Waals surface area (Å²) in [4.78, 5) is 13.8. The Labute approximate surface area is 113 Å². The third-order valence-electron chi connectivity index (χ3n) is 3.03. The summed E-state index contributed by atoms with van der Waals surface area (Å²) >= 11 is 0. The maximum atomic E-state index is 12.3. The molecule has 0 spiro atoms. The maximum absolute atomic E-state index is 12.3. The second kappa shape index (κ2) is 6.93. The number of aryl methyl sites for hydroxylation is 1. The van der Waals surface area contributed by atoms with Crippen LogP contribution in [0.1, 0.15) is 28.4 Å². The Hall–Kier alpha value is -1.83. The fourth-order valence-electron chi connectivity index (χ4n) is 1.58. The average Bonchev–Trinajstić information content (AvgIpc) is 2.43. The van der Waals surface area contributed by atoms with Gasteiger partial charge in [0, 0.05) is 18.2 Å². The SMILES string of the molecule is Cc1ccc(C#CCO)cc1C(=O)N(C)C(C)CO. The van der Waals surface area contributed by atoms with E-state index in [1.54, 1.807) is 20.0 Å². The minimum atomic E-state index is -0.237. The van der Waals surface area contributed by atoms with Crippen molar-refractivity contribution in [3.63, 3.8) is 0 Å². The van der Waals surface area contributed by atoms with Crippen molar-refractivity contribution in [3.8, 4) is 11.8 Å². The number of aliphatic hydroxyl groups is 2. The maximum Gasteiger partial charge on any atom is 0.254 e. The first-order valence-corrected chi connectivity index (χ1v) is 6.09. The summed E-state index contributed by atoms with van der Waals surface area (Å²) in [6.45, 7) is 3.35. The van der Waals surface area contributed by atoms with Crippen LogP contribution in [0, 0.1) is 18.8 Å². The topological polar surface area (TPSA) is 60.8 Å². The molecule has 0 fully saturated rings. The standard InChI is InChI=1S/C15H19NO3/c1-11-6-7-13(5-4-8-17)9-14(11)15(19)16(3)12(2)10-18/h6-7,9,12,17-18H,8,10H2,1-3H3. The van der Waals surface area contributed by atoms with E-state index in [1.807, 2.05) is 19.1 Å². The molecule has 0 heterocycles. The van der Waals surface area contributed by atoms with E-state index in [0.717, 1.165) is 5.56 Å². The summed E-state index contributed by atoms with van der Waals surface area (Å²) in [5, 5.41) is 17.8. The first-order chi connectivity index (χ1) is 9.01. The molecule has 0 aliphatic heterocycles. The highest BCUT2D eigenvalue weighted by molar-refractivity contribution is 5.96. The van der Waals surface area contributed by atoms with Gasteiger partial charge in [-0.05, 0) is 31.5 Å². The van der Waals surface area contributed by atoms with Gasteiger partial charge in [-0.25, -0.2) is 0 Å². The zero-order valence-electron chi connectivity index (χ0n) is 11.5. The number of nitrogens with zero attached hydrogens (tertiary/aromatic N) is 1. The molecule has 0 aliphatic carbocycles. The predicted molar refractivity (Wildman–Crippen MR) is 73.8 cm³/mol. The molecular formula is C15H19NO3. The molecule has 1 aromatic rings. The molecule has 0 aromatic heterocycles. The quantitative estimate of drug-likeness (QED) is 0.791. The van der Waals surface area contributed by atoms with Gasteiger partial charge in [-0.2, -0.15) is 0 Å². The second-order valence-electron chi connectivity index (χ2n) is 4.44. The van der Waals surface area contributed by atoms with Crippen molar-refractivity contribution in [2.75, 3.05) is 20.3 Å². The number of hydrogen-bond donors (Lipinski definition) is 2. The minimum Gasteiger partial charge on any atom is -0.394 e. The molecule has 4 heteroatoms. The molecule has 1 unspecified atom stereocenters. The van der Waals surface area contributed by atoms with Gasteiger partial charge in [0.15, 0.2) is 0 Å². The molecule has 1 aromatic carbocycles. The number of carbonyl (C=O) groups excluding carboxylic acids is 1. The Kier molecular flexibility index (Phi) is 5.56. The Morgan fingerprint density at radius 1 is 1.42 bits per heavy atom. The van der Waals surface area contributed by atoms with Gasteiger partial charge in [-0.3, -0.25) is 4.79 Å². The number of benzene rings is 1. The molecule has 4 nitrogen and oxygen atoms in total. The van der Waals surface area contributed by atoms with Crippen molar-refractivity contribution in [1.29, 1.82) is 0 Å². The number of carbonyl (C=O) groups is 1. The highest BCUT2D eigenvalue weighted by Crippen LogP contribution is 2.14. The fourth-order valence-corrected chi connectivity index (χ4v) is 1.58. The van der Waals surface area contributed by atoms with E-state index in [2.05, 4.69) is 11.8 Å². The van der Waals surface area contributed by atoms with Crippen molar-refractivity contribution < 1.29 is 15.0 Å². The van der Waals surface area contributed by atoms with Gasteiger partial charge in [0.1, 0.15) is 6.61 Å². The van der Waals surface area contributed by atoms with Crippen LogP contribution < -0.4 is 0 Å². The molecule has 1 atom stereocenters. The van der Waals surface area contributed by atoms with Crippen LogP contribution in [0.3, 0.4) is 0 Å². The Morgan fingerprint density at radius 2 is 2.11 bits per heavy atom. The molecule has 0 radical (unpaired) electrons. The van der Waals surface area contributed by atoms with Crippen LogP contribution >= 0.6 is 0 Å². The fraction of sp³-hybridized carbons (Fsp3) is 0.400. The minimum absolute atomic E-state index is 0.0781. The smallest absolute Gasteiger partial charge is 0.254 e. The van der Waals surface area contributed by atoms with Crippen LogP contribution in [-0.4, -0.2) is 47.3 Å². The van der Waals surface area contributed by atoms with E-state index in [-0.39, 0.29) is 25.2 Å². The Balaban J connectivity index is 3.08. The molecular weight excluding hydrogens is 242 g/mol. The summed E-state index contributed by atoms with van der Waals surface area (Å²) < 4.78 is 0. The van der Waals surface area contributed by atoms with Gasteiger partial charge >= 0.3 is 0 Å². The highest BCUT2D eigenvalue weighted by atomic mass is 16.3. The predicted octanol–water partition coefficient (Wildman–Crippen LogP) is 0.792. The third kappa shape index (κ3) is 3.82. The second-order valence-corrected chi connectivity index (χ2v) is 4.44. The van der Waals surface area contributed by atoms with Gasteiger partial charge in [0.05, 0.1) is 12.6 Å².